The molecule has 0 atom stereocenters. The van der Waals surface area contributed by atoms with Crippen molar-refractivity contribution in [3.8, 4) is 0 Å². The molecule has 4 nitrogen and oxygen atoms in total. The number of hydrogen-bond donors (Lipinski definition) is 0. The van der Waals surface area contributed by atoms with Gasteiger partial charge in [0.25, 0.3) is 5.69 Å². The number of hydrogen-bond acceptors (Lipinski definition) is 3. The van der Waals surface area contributed by atoms with Gasteiger partial charge in [0, 0.05) is 24.1 Å². The molecule has 2 aromatic rings. The number of nitro groups is 1. The van der Waals surface area contributed by atoms with E-state index in [0.29, 0.717) is 5.56 Å². The number of benzene rings is 2. The van der Waals surface area contributed by atoms with Crippen LogP contribution in [0.5, 0.6) is 0 Å². The maximum absolute atomic E-state index is 11.7. The molecule has 0 aromatic heterocycles. The fourth-order valence-corrected chi connectivity index (χ4v) is 2.25. The highest BCUT2D eigenvalue weighted by atomic mass is 16.6. The van der Waals surface area contributed by atoms with Crippen LogP contribution in [0.2, 0.25) is 0 Å². The van der Waals surface area contributed by atoms with Gasteiger partial charge in [-0.25, -0.2) is 0 Å². The normalized spacial score (nSPS) is 13.4. The molecule has 3 rings (SSSR count). The van der Waals surface area contributed by atoms with Crippen LogP contribution in [0.4, 0.5) is 5.69 Å². The number of carbonyl (C=O) groups excluding carboxylic acids is 1. The van der Waals surface area contributed by atoms with Crippen molar-refractivity contribution < 1.29 is 9.72 Å². The van der Waals surface area contributed by atoms with Gasteiger partial charge < -0.3 is 0 Å². The second-order valence-electron chi connectivity index (χ2n) is 3.87. The molecular weight excluding hydrogens is 206 g/mol. The van der Waals surface area contributed by atoms with Gasteiger partial charge in [0.1, 0.15) is 0 Å². The van der Waals surface area contributed by atoms with Gasteiger partial charge >= 0.3 is 0 Å². The molecule has 0 spiro atoms. The van der Waals surface area contributed by atoms with Gasteiger partial charge in [-0.15, -0.1) is 0 Å². The lowest BCUT2D eigenvalue weighted by Crippen LogP contribution is -1.93. The first-order valence-electron chi connectivity index (χ1n) is 4.90. The standard InChI is InChI=1S/C12H7NO3/c14-11-6-8-5-9(13(15)16)4-7-2-1-3-10(11)12(7)8/h1-5H,6H2. The van der Waals surface area contributed by atoms with E-state index in [9.17, 15) is 14.9 Å². The molecule has 0 bridgehead atoms. The Balaban J connectivity index is 2.43. The van der Waals surface area contributed by atoms with E-state index in [-0.39, 0.29) is 17.9 Å². The third-order valence-corrected chi connectivity index (χ3v) is 2.91. The average molecular weight is 213 g/mol. The topological polar surface area (TPSA) is 60.2 Å². The van der Waals surface area contributed by atoms with Crippen LogP contribution in [0.25, 0.3) is 10.8 Å². The molecular formula is C12H7NO3. The Labute approximate surface area is 90.7 Å². The number of nitro benzene ring substituents is 1. The van der Waals surface area contributed by atoms with E-state index in [2.05, 4.69) is 0 Å². The van der Waals surface area contributed by atoms with Crippen LogP contribution in [-0.2, 0) is 6.42 Å². The molecule has 0 aliphatic heterocycles. The van der Waals surface area contributed by atoms with E-state index >= 15 is 0 Å². The van der Waals surface area contributed by atoms with E-state index in [1.807, 2.05) is 0 Å². The van der Waals surface area contributed by atoms with Gasteiger partial charge in [0.2, 0.25) is 0 Å². The number of ketones is 1. The molecule has 0 radical (unpaired) electrons. The van der Waals surface area contributed by atoms with Crippen LogP contribution in [0.15, 0.2) is 30.3 Å². The van der Waals surface area contributed by atoms with Gasteiger partial charge in [-0.05, 0) is 16.3 Å². The highest BCUT2D eigenvalue weighted by molar-refractivity contribution is 6.16. The largest absolute Gasteiger partial charge is 0.294 e. The predicted octanol–water partition coefficient (Wildman–Crippen LogP) is 2.49. The van der Waals surface area contributed by atoms with Crippen molar-refractivity contribution in [2.45, 2.75) is 6.42 Å². The van der Waals surface area contributed by atoms with Gasteiger partial charge in [-0.1, -0.05) is 18.2 Å². The number of Topliss-reactive ketones (excluding diaryl/α,β-unsaturated/α-hetero) is 1. The van der Waals surface area contributed by atoms with Crippen LogP contribution in [-0.4, -0.2) is 10.7 Å². The van der Waals surface area contributed by atoms with E-state index < -0.39 is 4.92 Å². The summed E-state index contributed by atoms with van der Waals surface area (Å²) in [4.78, 5) is 22.0. The van der Waals surface area contributed by atoms with E-state index in [1.54, 1.807) is 18.2 Å². The highest BCUT2D eigenvalue weighted by Gasteiger charge is 2.24. The maximum Gasteiger partial charge on any atom is 0.270 e. The summed E-state index contributed by atoms with van der Waals surface area (Å²) in [6, 6.07) is 8.34. The molecule has 78 valence electrons. The summed E-state index contributed by atoms with van der Waals surface area (Å²) >= 11 is 0. The molecule has 1 aliphatic rings. The van der Waals surface area contributed by atoms with E-state index in [1.165, 1.54) is 12.1 Å². The van der Waals surface area contributed by atoms with Gasteiger partial charge in [-0.3, -0.25) is 14.9 Å². The number of carbonyl (C=O) groups is 1. The zero-order chi connectivity index (χ0) is 11.3. The van der Waals surface area contributed by atoms with E-state index in [4.69, 9.17) is 0 Å². The third-order valence-electron chi connectivity index (χ3n) is 2.91. The Morgan fingerprint density at radius 3 is 2.81 bits per heavy atom. The Morgan fingerprint density at radius 1 is 1.25 bits per heavy atom. The molecule has 16 heavy (non-hydrogen) atoms. The van der Waals surface area contributed by atoms with Crippen LogP contribution in [0.1, 0.15) is 15.9 Å². The van der Waals surface area contributed by atoms with Crippen molar-refractivity contribution >= 4 is 22.2 Å². The first-order chi connectivity index (χ1) is 7.66. The molecule has 0 amide bonds. The van der Waals surface area contributed by atoms with Crippen LogP contribution < -0.4 is 0 Å². The SMILES string of the molecule is O=C1Cc2cc([N+](=O)[O-])cc3cccc1c23. The van der Waals surface area contributed by atoms with Crippen molar-refractivity contribution in [3.63, 3.8) is 0 Å². The van der Waals surface area contributed by atoms with Gasteiger partial charge in [-0.2, -0.15) is 0 Å². The summed E-state index contributed by atoms with van der Waals surface area (Å²) in [5, 5.41) is 12.4. The smallest absolute Gasteiger partial charge is 0.270 e. The monoisotopic (exact) mass is 213 g/mol. The maximum atomic E-state index is 11.7. The van der Waals surface area contributed by atoms with Crippen LogP contribution >= 0.6 is 0 Å². The first kappa shape index (κ1) is 9.03. The van der Waals surface area contributed by atoms with Crippen molar-refractivity contribution in [2.24, 2.45) is 0 Å². The summed E-state index contributed by atoms with van der Waals surface area (Å²) in [6.07, 6.45) is 0.275. The van der Waals surface area contributed by atoms with Crippen LogP contribution in [0, 0.1) is 10.1 Å². The highest BCUT2D eigenvalue weighted by Crippen LogP contribution is 2.33. The van der Waals surface area contributed by atoms with Crippen molar-refractivity contribution in [1.82, 2.24) is 0 Å². The molecule has 0 N–H and O–H groups in total. The van der Waals surface area contributed by atoms with Crippen molar-refractivity contribution in [3.05, 3.63) is 51.6 Å². The van der Waals surface area contributed by atoms with Crippen molar-refractivity contribution in [2.75, 3.05) is 0 Å². The Kier molecular flexibility index (Phi) is 1.63. The minimum absolute atomic E-state index is 0.0427. The van der Waals surface area contributed by atoms with Crippen molar-refractivity contribution in [1.29, 1.82) is 0 Å². The lowest BCUT2D eigenvalue weighted by atomic mass is 10.0. The average Bonchev–Trinajstić information content (AvgIpc) is 2.58. The molecule has 4 heteroatoms. The number of rotatable bonds is 1. The summed E-state index contributed by atoms with van der Waals surface area (Å²) in [5.41, 5.74) is 1.50. The summed E-state index contributed by atoms with van der Waals surface area (Å²) < 4.78 is 0. The number of nitrogens with zero attached hydrogens (tertiary/aromatic N) is 1. The number of non-ortho nitro benzene ring substituents is 1. The summed E-state index contributed by atoms with van der Waals surface area (Å²) in [6.45, 7) is 0. The predicted molar refractivity (Wildman–Crippen MR) is 58.6 cm³/mol. The Hall–Kier alpha value is -2.23. The minimum Gasteiger partial charge on any atom is -0.294 e. The summed E-state index contributed by atoms with van der Waals surface area (Å²) in [5.74, 6) is 0.0427. The van der Waals surface area contributed by atoms with Crippen LogP contribution in [0.3, 0.4) is 0 Å². The molecule has 0 fully saturated rings. The van der Waals surface area contributed by atoms with E-state index in [0.717, 1.165) is 16.3 Å². The minimum atomic E-state index is -0.425. The zero-order valence-electron chi connectivity index (χ0n) is 8.27. The molecule has 0 saturated heterocycles. The molecule has 2 aromatic carbocycles. The second-order valence-corrected chi connectivity index (χ2v) is 3.87. The van der Waals surface area contributed by atoms with Gasteiger partial charge in [0.05, 0.1) is 4.92 Å². The fraction of sp³-hybridized carbons (Fsp3) is 0.0833. The fourth-order valence-electron chi connectivity index (χ4n) is 2.25. The quantitative estimate of drug-likeness (QED) is 0.540. The third kappa shape index (κ3) is 1.07. The molecule has 0 unspecified atom stereocenters. The second kappa shape index (κ2) is 2.88. The zero-order valence-corrected chi connectivity index (χ0v) is 8.27. The lowest BCUT2D eigenvalue weighted by molar-refractivity contribution is -0.384. The summed E-state index contributed by atoms with van der Waals surface area (Å²) in [7, 11) is 0. The Bertz CT molecular complexity index is 646. The molecule has 0 heterocycles. The first-order valence-corrected chi connectivity index (χ1v) is 4.90. The molecule has 0 saturated carbocycles. The lowest BCUT2D eigenvalue weighted by Gasteiger charge is -2.00. The molecule has 1 aliphatic carbocycles. The Morgan fingerprint density at radius 2 is 2.06 bits per heavy atom. The van der Waals surface area contributed by atoms with Gasteiger partial charge in [0.15, 0.2) is 5.78 Å².